The van der Waals surface area contributed by atoms with Gasteiger partial charge in [0.2, 0.25) is 0 Å². The van der Waals surface area contributed by atoms with Crippen LogP contribution in [0, 0.1) is 0 Å². The molecule has 0 saturated heterocycles. The van der Waals surface area contributed by atoms with Crippen LogP contribution in [-0.4, -0.2) is 31.6 Å². The van der Waals surface area contributed by atoms with Gasteiger partial charge in [0.05, 0.1) is 0 Å². The number of ether oxygens (including phenoxy) is 2. The molecule has 0 unspecified atom stereocenters. The fraction of sp³-hybridized carbons (Fsp3) is 0.400. The zero-order chi connectivity index (χ0) is 17.9. The van der Waals surface area contributed by atoms with Gasteiger partial charge in [0.1, 0.15) is 5.75 Å². The third kappa shape index (κ3) is 6.83. The molecule has 25 heavy (non-hydrogen) atoms. The van der Waals surface area contributed by atoms with Crippen molar-refractivity contribution < 1.29 is 19.1 Å². The van der Waals surface area contributed by atoms with Gasteiger partial charge in [-0.2, -0.15) is 0 Å². The molecular formula is C20H25NO4. The smallest absolute Gasteiger partial charge is 0.344 e. The predicted octanol–water partition coefficient (Wildman–Crippen LogP) is 3.46. The Labute approximate surface area is 148 Å². The quantitative estimate of drug-likeness (QED) is 0.530. The normalized spacial score (nSPS) is 10.4. The lowest BCUT2D eigenvalue weighted by molar-refractivity contribution is -0.150. The van der Waals surface area contributed by atoms with Crippen molar-refractivity contribution in [1.29, 1.82) is 0 Å². The van der Waals surface area contributed by atoms with Gasteiger partial charge < -0.3 is 14.8 Å². The minimum atomic E-state index is -0.561. The van der Waals surface area contributed by atoms with Crippen LogP contribution in [0.4, 0.5) is 0 Å². The summed E-state index contributed by atoms with van der Waals surface area (Å²) in [6.07, 6.45) is 4.36. The van der Waals surface area contributed by atoms with E-state index in [2.05, 4.69) is 12.2 Å². The first kappa shape index (κ1) is 18.8. The summed E-state index contributed by atoms with van der Waals surface area (Å²) in [6, 6.07) is 13.5. The summed E-state index contributed by atoms with van der Waals surface area (Å²) in [6.45, 7) is 2.26. The van der Waals surface area contributed by atoms with Crippen molar-refractivity contribution in [3.8, 4) is 5.75 Å². The van der Waals surface area contributed by atoms with Crippen molar-refractivity contribution in [2.45, 2.75) is 32.6 Å². The Morgan fingerprint density at radius 1 is 0.960 bits per heavy atom. The monoisotopic (exact) mass is 343 g/mol. The number of nitrogens with one attached hydrogen (secondary N) is 1. The van der Waals surface area contributed by atoms with Gasteiger partial charge in [-0.15, -0.1) is 0 Å². The molecule has 0 atom stereocenters. The molecule has 5 heteroatoms. The van der Waals surface area contributed by atoms with Gasteiger partial charge in [0.15, 0.2) is 13.2 Å². The second-order valence-electron chi connectivity index (χ2n) is 5.87. The van der Waals surface area contributed by atoms with E-state index in [4.69, 9.17) is 9.47 Å². The number of amides is 1. The molecule has 0 aliphatic rings. The lowest BCUT2D eigenvalue weighted by Crippen LogP contribution is -2.30. The van der Waals surface area contributed by atoms with Gasteiger partial charge >= 0.3 is 5.97 Å². The molecule has 2 aromatic carbocycles. The Morgan fingerprint density at radius 2 is 1.76 bits per heavy atom. The van der Waals surface area contributed by atoms with Gasteiger partial charge in [-0.3, -0.25) is 4.79 Å². The lowest BCUT2D eigenvalue weighted by atomic mass is 10.1. The Bertz CT molecular complexity index is 699. The SMILES string of the molecule is CCCCCCNC(=O)COC(=O)COc1ccc2ccccc2c1. The Hall–Kier alpha value is -2.56. The van der Waals surface area contributed by atoms with Gasteiger partial charge in [0.25, 0.3) is 5.91 Å². The zero-order valence-corrected chi connectivity index (χ0v) is 14.6. The molecule has 0 bridgehead atoms. The van der Waals surface area contributed by atoms with Crippen LogP contribution < -0.4 is 10.1 Å². The van der Waals surface area contributed by atoms with Crippen LogP contribution in [0.5, 0.6) is 5.75 Å². The molecular weight excluding hydrogens is 318 g/mol. The fourth-order valence-electron chi connectivity index (χ4n) is 2.42. The number of unbranched alkanes of at least 4 members (excludes halogenated alkanes) is 3. The average molecular weight is 343 g/mol. The van der Waals surface area contributed by atoms with Gasteiger partial charge in [-0.05, 0) is 29.3 Å². The van der Waals surface area contributed by atoms with E-state index >= 15 is 0 Å². The molecule has 134 valence electrons. The fourth-order valence-corrected chi connectivity index (χ4v) is 2.42. The highest BCUT2D eigenvalue weighted by atomic mass is 16.6. The molecule has 0 radical (unpaired) electrons. The van der Waals surface area contributed by atoms with E-state index < -0.39 is 5.97 Å². The zero-order valence-electron chi connectivity index (χ0n) is 14.6. The summed E-state index contributed by atoms with van der Waals surface area (Å²) in [4.78, 5) is 23.2. The van der Waals surface area contributed by atoms with E-state index in [9.17, 15) is 9.59 Å². The first-order chi connectivity index (χ1) is 12.2. The van der Waals surface area contributed by atoms with Gasteiger partial charge in [-0.25, -0.2) is 4.79 Å². The minimum absolute atomic E-state index is 0.220. The predicted molar refractivity (Wildman–Crippen MR) is 97.6 cm³/mol. The highest BCUT2D eigenvalue weighted by molar-refractivity contribution is 5.84. The molecule has 0 aromatic heterocycles. The third-order valence-corrected chi connectivity index (χ3v) is 3.79. The highest BCUT2D eigenvalue weighted by Gasteiger charge is 2.08. The average Bonchev–Trinajstić information content (AvgIpc) is 2.64. The molecule has 1 amide bonds. The molecule has 2 aromatic rings. The van der Waals surface area contributed by atoms with E-state index in [-0.39, 0.29) is 19.1 Å². The Kier molecular flexibility index (Phi) is 7.76. The van der Waals surface area contributed by atoms with Crippen molar-refractivity contribution in [2.75, 3.05) is 19.8 Å². The molecule has 0 aliphatic heterocycles. The maximum Gasteiger partial charge on any atom is 0.344 e. The van der Waals surface area contributed by atoms with E-state index in [1.807, 2.05) is 36.4 Å². The van der Waals surface area contributed by atoms with Gasteiger partial charge in [0, 0.05) is 6.54 Å². The first-order valence-corrected chi connectivity index (χ1v) is 8.73. The Morgan fingerprint density at radius 3 is 2.56 bits per heavy atom. The second kappa shape index (κ2) is 10.3. The number of benzene rings is 2. The van der Waals surface area contributed by atoms with E-state index in [0.717, 1.165) is 36.5 Å². The van der Waals surface area contributed by atoms with Crippen LogP contribution in [0.1, 0.15) is 32.6 Å². The van der Waals surface area contributed by atoms with Crippen molar-refractivity contribution in [2.24, 2.45) is 0 Å². The molecule has 0 fully saturated rings. The molecule has 2 rings (SSSR count). The molecule has 0 saturated carbocycles. The van der Waals surface area contributed by atoms with Crippen LogP contribution in [0.3, 0.4) is 0 Å². The lowest BCUT2D eigenvalue weighted by Gasteiger charge is -2.08. The maximum atomic E-state index is 11.7. The molecule has 0 spiro atoms. The molecule has 0 aliphatic carbocycles. The minimum Gasteiger partial charge on any atom is -0.482 e. The van der Waals surface area contributed by atoms with Crippen LogP contribution in [0.2, 0.25) is 0 Å². The van der Waals surface area contributed by atoms with Gasteiger partial charge in [-0.1, -0.05) is 56.5 Å². The molecule has 0 heterocycles. The van der Waals surface area contributed by atoms with Crippen molar-refractivity contribution in [3.63, 3.8) is 0 Å². The number of fused-ring (bicyclic) bond motifs is 1. The number of carbonyl (C=O) groups is 2. The summed E-state index contributed by atoms with van der Waals surface area (Å²) < 4.78 is 10.3. The van der Waals surface area contributed by atoms with E-state index in [0.29, 0.717) is 12.3 Å². The summed E-state index contributed by atoms with van der Waals surface area (Å²) in [5, 5.41) is 4.88. The number of rotatable bonds is 10. The van der Waals surface area contributed by atoms with Crippen molar-refractivity contribution >= 4 is 22.6 Å². The number of hydrogen-bond donors (Lipinski definition) is 1. The summed E-state index contributed by atoms with van der Waals surface area (Å²) >= 11 is 0. The molecule has 1 N–H and O–H groups in total. The maximum absolute atomic E-state index is 11.7. The third-order valence-electron chi connectivity index (χ3n) is 3.79. The number of esters is 1. The summed E-state index contributed by atoms with van der Waals surface area (Å²) in [5.74, 6) is -0.249. The van der Waals surface area contributed by atoms with Crippen molar-refractivity contribution in [1.82, 2.24) is 5.32 Å². The van der Waals surface area contributed by atoms with Crippen LogP contribution in [-0.2, 0) is 14.3 Å². The summed E-state index contributed by atoms with van der Waals surface area (Å²) in [5.41, 5.74) is 0. The molecule has 5 nitrogen and oxygen atoms in total. The standard InChI is InChI=1S/C20H25NO4/c1-2-3-4-7-12-21-19(22)14-25-20(23)15-24-18-11-10-16-8-5-6-9-17(16)13-18/h5-6,8-11,13H,2-4,7,12,14-15H2,1H3,(H,21,22). The van der Waals surface area contributed by atoms with Crippen molar-refractivity contribution in [3.05, 3.63) is 42.5 Å². The first-order valence-electron chi connectivity index (χ1n) is 8.73. The van der Waals surface area contributed by atoms with Crippen LogP contribution in [0.15, 0.2) is 42.5 Å². The van der Waals surface area contributed by atoms with Crippen LogP contribution >= 0.6 is 0 Å². The van der Waals surface area contributed by atoms with E-state index in [1.54, 1.807) is 6.07 Å². The van der Waals surface area contributed by atoms with E-state index in [1.165, 1.54) is 0 Å². The number of carbonyl (C=O) groups excluding carboxylic acids is 2. The number of hydrogen-bond acceptors (Lipinski definition) is 4. The second-order valence-corrected chi connectivity index (χ2v) is 5.87. The topological polar surface area (TPSA) is 64.6 Å². The summed E-state index contributed by atoms with van der Waals surface area (Å²) in [7, 11) is 0. The Balaban J connectivity index is 1.65. The van der Waals surface area contributed by atoms with Crippen LogP contribution in [0.25, 0.3) is 10.8 Å². The largest absolute Gasteiger partial charge is 0.482 e. The highest BCUT2D eigenvalue weighted by Crippen LogP contribution is 2.20.